The standard InChI is InChI=1S/C16H25N2O4PS/c1-9(2)17-15(21)11(7-23)5-12(19)10(3)8-24-13-6-14(20)18(4)16(13)22/h6,9-11H,5,7-8,23H2,1-4H3,(H,17,21)/t10-,11-/m0/s1. The molecule has 8 heteroatoms. The van der Waals surface area contributed by atoms with Gasteiger partial charge in [0.15, 0.2) is 0 Å². The predicted molar refractivity (Wildman–Crippen MR) is 98.5 cm³/mol. The van der Waals surface area contributed by atoms with E-state index in [0.29, 0.717) is 16.8 Å². The van der Waals surface area contributed by atoms with Crippen molar-refractivity contribution in [2.75, 3.05) is 19.0 Å². The molecule has 0 aromatic rings. The summed E-state index contributed by atoms with van der Waals surface area (Å²) >= 11 is 1.21. The highest BCUT2D eigenvalue weighted by molar-refractivity contribution is 8.04. The van der Waals surface area contributed by atoms with Crippen LogP contribution in [0.15, 0.2) is 11.0 Å². The molecule has 3 atom stereocenters. The summed E-state index contributed by atoms with van der Waals surface area (Å²) in [7, 11) is 3.94. The maximum Gasteiger partial charge on any atom is 0.267 e. The molecule has 24 heavy (non-hydrogen) atoms. The first-order chi connectivity index (χ1) is 11.2. The van der Waals surface area contributed by atoms with Crippen LogP contribution in [0.4, 0.5) is 0 Å². The SMILES string of the molecule is CC(C)NC(=O)[C@H](CP)CC(=O)[C@@H](C)CSC1=CC(=O)N(C)C1=O. The Balaban J connectivity index is 2.52. The summed E-state index contributed by atoms with van der Waals surface area (Å²) in [5.74, 6) is -1.05. The topological polar surface area (TPSA) is 83.6 Å². The van der Waals surface area contributed by atoms with E-state index in [2.05, 4.69) is 14.6 Å². The maximum absolute atomic E-state index is 12.3. The van der Waals surface area contributed by atoms with Gasteiger partial charge in [0.05, 0.1) is 4.91 Å². The van der Waals surface area contributed by atoms with E-state index in [1.807, 2.05) is 13.8 Å². The molecular formula is C16H25N2O4PS. The van der Waals surface area contributed by atoms with E-state index in [-0.39, 0.29) is 47.8 Å². The molecule has 0 saturated heterocycles. The Labute approximate surface area is 149 Å². The Bertz CT molecular complexity index is 562. The third-order valence-electron chi connectivity index (χ3n) is 3.67. The Hall–Kier alpha value is -1.20. The fourth-order valence-corrected chi connectivity index (χ4v) is 3.52. The highest BCUT2D eigenvalue weighted by Gasteiger charge is 2.29. The number of imide groups is 1. The summed E-state index contributed by atoms with van der Waals surface area (Å²) in [6, 6.07) is 0.0365. The van der Waals surface area contributed by atoms with E-state index in [9.17, 15) is 19.2 Å². The number of nitrogens with one attached hydrogen (secondary N) is 1. The van der Waals surface area contributed by atoms with Crippen molar-refractivity contribution in [1.29, 1.82) is 0 Å². The monoisotopic (exact) mass is 372 g/mol. The van der Waals surface area contributed by atoms with Crippen molar-refractivity contribution in [2.24, 2.45) is 11.8 Å². The van der Waals surface area contributed by atoms with Gasteiger partial charge in [-0.3, -0.25) is 24.1 Å². The minimum atomic E-state index is -0.364. The number of ketones is 1. The molecular weight excluding hydrogens is 347 g/mol. The van der Waals surface area contributed by atoms with Crippen LogP contribution in [0.1, 0.15) is 27.2 Å². The summed E-state index contributed by atoms with van der Waals surface area (Å²) < 4.78 is 0. The number of hydrogen-bond acceptors (Lipinski definition) is 5. The van der Waals surface area contributed by atoms with Crippen molar-refractivity contribution in [1.82, 2.24) is 10.2 Å². The van der Waals surface area contributed by atoms with Gasteiger partial charge in [0, 0.05) is 43.2 Å². The second kappa shape index (κ2) is 9.33. The average Bonchev–Trinajstić information content (AvgIpc) is 2.76. The first-order valence-corrected chi connectivity index (χ1v) is 9.67. The number of thioether (sulfide) groups is 1. The van der Waals surface area contributed by atoms with E-state index in [0.717, 1.165) is 4.90 Å². The zero-order chi connectivity index (χ0) is 18.4. The molecule has 1 heterocycles. The van der Waals surface area contributed by atoms with Crippen LogP contribution >= 0.6 is 21.0 Å². The quantitative estimate of drug-likeness (QED) is 0.486. The van der Waals surface area contributed by atoms with Gasteiger partial charge in [-0.1, -0.05) is 6.92 Å². The van der Waals surface area contributed by atoms with Gasteiger partial charge in [0.25, 0.3) is 11.8 Å². The molecule has 3 amide bonds. The summed E-state index contributed by atoms with van der Waals surface area (Å²) in [5.41, 5.74) is 0. The molecule has 0 aromatic heterocycles. The normalized spacial score (nSPS) is 17.1. The molecule has 0 saturated carbocycles. The van der Waals surface area contributed by atoms with Crippen LogP contribution in [0.25, 0.3) is 0 Å². The van der Waals surface area contributed by atoms with Crippen molar-refractivity contribution >= 4 is 44.5 Å². The summed E-state index contributed by atoms with van der Waals surface area (Å²) in [6.45, 7) is 5.54. The fraction of sp³-hybridized carbons (Fsp3) is 0.625. The molecule has 1 rings (SSSR count). The minimum absolute atomic E-state index is 0.0143. The number of carbonyl (C=O) groups excluding carboxylic acids is 4. The van der Waals surface area contributed by atoms with Gasteiger partial charge in [-0.2, -0.15) is 0 Å². The van der Waals surface area contributed by atoms with Gasteiger partial charge in [-0.25, -0.2) is 0 Å². The van der Waals surface area contributed by atoms with Crippen LogP contribution in [0.5, 0.6) is 0 Å². The predicted octanol–water partition coefficient (Wildman–Crippen LogP) is 1.21. The second-order valence-electron chi connectivity index (χ2n) is 6.19. The Morgan fingerprint density at radius 2 is 1.92 bits per heavy atom. The third-order valence-corrected chi connectivity index (χ3v) is 5.51. The molecule has 134 valence electrons. The molecule has 0 aromatic carbocycles. The van der Waals surface area contributed by atoms with Crippen LogP contribution < -0.4 is 5.32 Å². The Kier molecular flexibility index (Phi) is 8.10. The number of likely N-dealkylation sites (N-methyl/N-ethyl adjacent to an activating group) is 1. The first-order valence-electron chi connectivity index (χ1n) is 7.87. The maximum atomic E-state index is 12.3. The number of nitrogens with zero attached hydrogens (tertiary/aromatic N) is 1. The molecule has 0 radical (unpaired) electrons. The van der Waals surface area contributed by atoms with Gasteiger partial charge >= 0.3 is 0 Å². The number of Topliss-reactive ketones (excluding diaryl/α,β-unsaturated/α-hetero) is 1. The van der Waals surface area contributed by atoms with Crippen LogP contribution in [0.2, 0.25) is 0 Å². The molecule has 0 aliphatic carbocycles. The lowest BCUT2D eigenvalue weighted by Crippen LogP contribution is -2.37. The zero-order valence-corrected chi connectivity index (χ0v) is 16.5. The molecule has 0 spiro atoms. The van der Waals surface area contributed by atoms with E-state index >= 15 is 0 Å². The molecule has 1 aliphatic heterocycles. The Morgan fingerprint density at radius 3 is 2.38 bits per heavy atom. The van der Waals surface area contributed by atoms with Crippen LogP contribution in [0.3, 0.4) is 0 Å². The number of hydrogen-bond donors (Lipinski definition) is 1. The van der Waals surface area contributed by atoms with Gasteiger partial charge in [0.1, 0.15) is 5.78 Å². The second-order valence-corrected chi connectivity index (χ2v) is 7.72. The molecule has 1 aliphatic rings. The average molecular weight is 372 g/mol. The molecule has 0 bridgehead atoms. The lowest BCUT2D eigenvalue weighted by Gasteiger charge is -2.18. The van der Waals surface area contributed by atoms with Crippen LogP contribution in [-0.4, -0.2) is 53.4 Å². The highest BCUT2D eigenvalue weighted by atomic mass is 32.2. The Morgan fingerprint density at radius 1 is 1.29 bits per heavy atom. The van der Waals surface area contributed by atoms with E-state index < -0.39 is 0 Å². The number of carbonyl (C=O) groups is 4. The number of rotatable bonds is 9. The molecule has 1 N–H and O–H groups in total. The van der Waals surface area contributed by atoms with E-state index in [1.165, 1.54) is 24.9 Å². The zero-order valence-electron chi connectivity index (χ0n) is 14.5. The molecule has 0 fully saturated rings. The summed E-state index contributed by atoms with van der Waals surface area (Å²) in [5, 5.41) is 2.82. The highest BCUT2D eigenvalue weighted by Crippen LogP contribution is 2.26. The smallest absolute Gasteiger partial charge is 0.267 e. The number of amides is 3. The lowest BCUT2D eigenvalue weighted by molar-refractivity contribution is -0.135. The molecule has 1 unspecified atom stereocenters. The summed E-state index contributed by atoms with van der Waals surface area (Å²) in [6.07, 6.45) is 1.99. The van der Waals surface area contributed by atoms with Gasteiger partial charge in [0.2, 0.25) is 5.91 Å². The van der Waals surface area contributed by atoms with Crippen molar-refractivity contribution in [3.8, 4) is 0 Å². The minimum Gasteiger partial charge on any atom is -0.354 e. The van der Waals surface area contributed by atoms with Crippen molar-refractivity contribution in [3.05, 3.63) is 11.0 Å². The van der Waals surface area contributed by atoms with Crippen LogP contribution in [0, 0.1) is 11.8 Å². The largest absolute Gasteiger partial charge is 0.354 e. The van der Waals surface area contributed by atoms with E-state index in [1.54, 1.807) is 6.92 Å². The summed E-state index contributed by atoms with van der Waals surface area (Å²) in [4.78, 5) is 49.0. The fourth-order valence-electron chi connectivity index (χ4n) is 2.08. The van der Waals surface area contributed by atoms with Crippen molar-refractivity contribution in [3.63, 3.8) is 0 Å². The molecule has 6 nitrogen and oxygen atoms in total. The first kappa shape index (κ1) is 20.8. The van der Waals surface area contributed by atoms with Gasteiger partial charge < -0.3 is 5.32 Å². The van der Waals surface area contributed by atoms with Crippen molar-refractivity contribution < 1.29 is 19.2 Å². The lowest BCUT2D eigenvalue weighted by atomic mass is 9.97. The third kappa shape index (κ3) is 5.71. The van der Waals surface area contributed by atoms with Gasteiger partial charge in [-0.15, -0.1) is 21.0 Å². The van der Waals surface area contributed by atoms with Crippen molar-refractivity contribution in [2.45, 2.75) is 33.2 Å². The van der Waals surface area contributed by atoms with Crippen LogP contribution in [-0.2, 0) is 19.2 Å². The van der Waals surface area contributed by atoms with E-state index in [4.69, 9.17) is 0 Å². The van der Waals surface area contributed by atoms with Gasteiger partial charge in [-0.05, 0) is 20.0 Å².